The number of nitrogens with one attached hydrogen (secondary N) is 1. The summed E-state index contributed by atoms with van der Waals surface area (Å²) >= 11 is 0. The molecular weight excluding hydrogens is 349 g/mol. The van der Waals surface area contributed by atoms with Gasteiger partial charge in [-0.25, -0.2) is 14.1 Å². The summed E-state index contributed by atoms with van der Waals surface area (Å²) in [5.41, 5.74) is 0.897. The standard InChI is InChI=1S/C20H20FN3O3/c1-13(2)23-17(12-18(25)22-15-10-8-14(21)9-11-15)19(26)24(20(23)27)16-6-4-3-5-7-16/h3-11,13,17H,12H2,1-2H3,(H,22,25)/t17-/m1/s1. The Bertz CT molecular complexity index is 853. The SMILES string of the molecule is CC(C)N1C(=O)N(c2ccccc2)C(=O)[C@H]1CC(=O)Nc1ccc(F)cc1. The van der Waals surface area contributed by atoms with Gasteiger partial charge in [-0.2, -0.15) is 0 Å². The largest absolute Gasteiger partial charge is 0.332 e. The molecule has 7 heteroatoms. The summed E-state index contributed by atoms with van der Waals surface area (Å²) in [5.74, 6) is -1.27. The van der Waals surface area contributed by atoms with Gasteiger partial charge in [0.1, 0.15) is 11.9 Å². The van der Waals surface area contributed by atoms with Crippen LogP contribution in [0.5, 0.6) is 0 Å². The van der Waals surface area contributed by atoms with Crippen LogP contribution in [0.25, 0.3) is 0 Å². The number of urea groups is 1. The van der Waals surface area contributed by atoms with Crippen LogP contribution in [0, 0.1) is 5.82 Å². The van der Waals surface area contributed by atoms with E-state index < -0.39 is 29.7 Å². The molecule has 0 spiro atoms. The lowest BCUT2D eigenvalue weighted by Crippen LogP contribution is -2.42. The first-order chi connectivity index (χ1) is 12.9. The average Bonchev–Trinajstić information content (AvgIpc) is 2.88. The lowest BCUT2D eigenvalue weighted by atomic mass is 10.1. The Morgan fingerprint density at radius 1 is 1.07 bits per heavy atom. The Labute approximate surface area is 156 Å². The third-order valence-corrected chi connectivity index (χ3v) is 4.33. The molecule has 1 fully saturated rings. The highest BCUT2D eigenvalue weighted by Crippen LogP contribution is 2.28. The fraction of sp³-hybridized carbons (Fsp3) is 0.250. The lowest BCUT2D eigenvalue weighted by Gasteiger charge is -2.25. The van der Waals surface area contributed by atoms with Crippen molar-refractivity contribution in [2.24, 2.45) is 0 Å². The van der Waals surface area contributed by atoms with Gasteiger partial charge < -0.3 is 10.2 Å². The van der Waals surface area contributed by atoms with Crippen molar-refractivity contribution >= 4 is 29.2 Å². The second-order valence-corrected chi connectivity index (χ2v) is 6.57. The zero-order valence-corrected chi connectivity index (χ0v) is 15.1. The number of hydrogen-bond acceptors (Lipinski definition) is 3. The Morgan fingerprint density at radius 2 is 1.70 bits per heavy atom. The van der Waals surface area contributed by atoms with Gasteiger partial charge in [0.2, 0.25) is 5.91 Å². The number of halogens is 1. The van der Waals surface area contributed by atoms with E-state index in [2.05, 4.69) is 5.32 Å². The average molecular weight is 369 g/mol. The highest BCUT2D eigenvalue weighted by molar-refractivity contribution is 6.22. The minimum Gasteiger partial charge on any atom is -0.326 e. The van der Waals surface area contributed by atoms with Crippen LogP contribution in [0.1, 0.15) is 20.3 Å². The van der Waals surface area contributed by atoms with E-state index in [4.69, 9.17) is 0 Å². The van der Waals surface area contributed by atoms with Crippen molar-refractivity contribution in [2.75, 3.05) is 10.2 Å². The molecule has 0 unspecified atom stereocenters. The summed E-state index contributed by atoms with van der Waals surface area (Å²) in [7, 11) is 0. The fourth-order valence-corrected chi connectivity index (χ4v) is 3.11. The van der Waals surface area contributed by atoms with Crippen molar-refractivity contribution < 1.29 is 18.8 Å². The van der Waals surface area contributed by atoms with Gasteiger partial charge in [-0.05, 0) is 50.2 Å². The first-order valence-corrected chi connectivity index (χ1v) is 8.65. The Kier molecular flexibility index (Phi) is 5.21. The molecule has 1 atom stereocenters. The molecule has 1 aliphatic heterocycles. The number of carbonyl (C=O) groups excluding carboxylic acids is 3. The highest BCUT2D eigenvalue weighted by Gasteiger charge is 2.47. The summed E-state index contributed by atoms with van der Waals surface area (Å²) < 4.78 is 13.0. The molecule has 140 valence electrons. The van der Waals surface area contributed by atoms with Gasteiger partial charge in [-0.15, -0.1) is 0 Å². The van der Waals surface area contributed by atoms with Crippen LogP contribution in [0.2, 0.25) is 0 Å². The van der Waals surface area contributed by atoms with Gasteiger partial charge in [-0.1, -0.05) is 18.2 Å². The van der Waals surface area contributed by atoms with Crippen molar-refractivity contribution in [3.05, 3.63) is 60.4 Å². The summed E-state index contributed by atoms with van der Waals surface area (Å²) in [6.45, 7) is 3.59. The fourth-order valence-electron chi connectivity index (χ4n) is 3.11. The molecule has 0 radical (unpaired) electrons. The maximum Gasteiger partial charge on any atom is 0.332 e. The predicted molar refractivity (Wildman–Crippen MR) is 99.7 cm³/mol. The van der Waals surface area contributed by atoms with Crippen LogP contribution >= 0.6 is 0 Å². The van der Waals surface area contributed by atoms with Crippen LogP contribution < -0.4 is 10.2 Å². The van der Waals surface area contributed by atoms with E-state index >= 15 is 0 Å². The van der Waals surface area contributed by atoms with Gasteiger partial charge in [0.15, 0.2) is 0 Å². The summed E-state index contributed by atoms with van der Waals surface area (Å²) in [6, 6.07) is 12.4. The van der Waals surface area contributed by atoms with E-state index in [9.17, 15) is 18.8 Å². The number of para-hydroxylation sites is 1. The monoisotopic (exact) mass is 369 g/mol. The third kappa shape index (κ3) is 3.81. The smallest absolute Gasteiger partial charge is 0.326 e. The quantitative estimate of drug-likeness (QED) is 0.821. The maximum atomic E-state index is 13.0. The van der Waals surface area contributed by atoms with Crippen LogP contribution in [-0.2, 0) is 9.59 Å². The predicted octanol–water partition coefficient (Wildman–Crippen LogP) is 3.40. The van der Waals surface area contributed by atoms with E-state index in [1.165, 1.54) is 29.2 Å². The number of hydrogen-bond donors (Lipinski definition) is 1. The molecule has 3 rings (SSSR count). The van der Waals surface area contributed by atoms with Gasteiger partial charge >= 0.3 is 6.03 Å². The summed E-state index contributed by atoms with van der Waals surface area (Å²) in [5, 5.41) is 2.63. The Hall–Kier alpha value is -3.22. The number of anilines is 2. The van der Waals surface area contributed by atoms with Crippen LogP contribution in [0.15, 0.2) is 54.6 Å². The Morgan fingerprint density at radius 3 is 2.30 bits per heavy atom. The van der Waals surface area contributed by atoms with E-state index in [1.807, 2.05) is 0 Å². The molecule has 1 N–H and O–H groups in total. The minimum atomic E-state index is -0.891. The van der Waals surface area contributed by atoms with Gasteiger partial charge in [0.25, 0.3) is 5.91 Å². The number of imide groups is 1. The highest BCUT2D eigenvalue weighted by atomic mass is 19.1. The van der Waals surface area contributed by atoms with Crippen LogP contribution in [0.3, 0.4) is 0 Å². The number of benzene rings is 2. The second-order valence-electron chi connectivity index (χ2n) is 6.57. The maximum absolute atomic E-state index is 13.0. The topological polar surface area (TPSA) is 69.7 Å². The molecule has 27 heavy (non-hydrogen) atoms. The first kappa shape index (κ1) is 18.6. The van der Waals surface area contributed by atoms with E-state index in [1.54, 1.807) is 44.2 Å². The molecule has 0 saturated carbocycles. The molecule has 1 heterocycles. The molecule has 2 aromatic carbocycles. The molecule has 1 saturated heterocycles. The molecule has 0 bridgehead atoms. The van der Waals surface area contributed by atoms with Crippen molar-refractivity contribution in [1.82, 2.24) is 4.90 Å². The number of rotatable bonds is 5. The van der Waals surface area contributed by atoms with E-state index in [0.29, 0.717) is 11.4 Å². The summed E-state index contributed by atoms with van der Waals surface area (Å²) in [4.78, 5) is 40.6. The minimum absolute atomic E-state index is 0.177. The van der Waals surface area contributed by atoms with E-state index in [0.717, 1.165) is 4.90 Å². The number of nitrogens with zero attached hydrogens (tertiary/aromatic N) is 2. The molecule has 0 aromatic heterocycles. The normalized spacial score (nSPS) is 17.0. The lowest BCUT2D eigenvalue weighted by molar-refractivity contribution is -0.124. The molecule has 4 amide bonds. The van der Waals surface area contributed by atoms with Gasteiger partial charge in [0, 0.05) is 11.7 Å². The van der Waals surface area contributed by atoms with E-state index in [-0.39, 0.29) is 12.5 Å². The number of amides is 4. The van der Waals surface area contributed by atoms with Crippen molar-refractivity contribution in [2.45, 2.75) is 32.4 Å². The number of carbonyl (C=O) groups is 3. The zero-order chi connectivity index (χ0) is 19.6. The molecule has 0 aliphatic carbocycles. The zero-order valence-electron chi connectivity index (χ0n) is 15.1. The molecular formula is C20H20FN3O3. The molecule has 6 nitrogen and oxygen atoms in total. The van der Waals surface area contributed by atoms with Gasteiger partial charge in [0.05, 0.1) is 12.1 Å². The molecule has 2 aromatic rings. The second kappa shape index (κ2) is 7.57. The third-order valence-electron chi connectivity index (χ3n) is 4.33. The van der Waals surface area contributed by atoms with Crippen LogP contribution in [0.4, 0.5) is 20.6 Å². The van der Waals surface area contributed by atoms with Crippen molar-refractivity contribution in [3.8, 4) is 0 Å². The Balaban J connectivity index is 1.80. The van der Waals surface area contributed by atoms with Crippen LogP contribution in [-0.4, -0.2) is 34.8 Å². The molecule has 1 aliphatic rings. The van der Waals surface area contributed by atoms with Crippen molar-refractivity contribution in [3.63, 3.8) is 0 Å². The van der Waals surface area contributed by atoms with Crippen molar-refractivity contribution in [1.29, 1.82) is 0 Å². The summed E-state index contributed by atoms with van der Waals surface area (Å²) in [6.07, 6.45) is -0.177. The first-order valence-electron chi connectivity index (χ1n) is 8.65. The van der Waals surface area contributed by atoms with Gasteiger partial charge in [-0.3, -0.25) is 9.59 Å².